The van der Waals surface area contributed by atoms with Crippen molar-refractivity contribution in [3.05, 3.63) is 59.5 Å². The van der Waals surface area contributed by atoms with E-state index in [1.54, 1.807) is 13.8 Å². The van der Waals surface area contributed by atoms with Crippen molar-refractivity contribution < 1.29 is 12.9 Å². The summed E-state index contributed by atoms with van der Waals surface area (Å²) in [6.45, 7) is 3.42. The number of nitrogens with one attached hydrogen (secondary N) is 1. The van der Waals surface area contributed by atoms with E-state index in [0.29, 0.717) is 11.5 Å². The first-order chi connectivity index (χ1) is 10.5. The summed E-state index contributed by atoms with van der Waals surface area (Å²) in [4.78, 5) is 0.119. The van der Waals surface area contributed by atoms with Crippen molar-refractivity contribution in [3.8, 4) is 0 Å². The molecule has 0 saturated carbocycles. The minimum atomic E-state index is -3.64. The van der Waals surface area contributed by atoms with Crippen LogP contribution in [-0.4, -0.2) is 13.6 Å². The Morgan fingerprint density at radius 1 is 1.09 bits per heavy atom. The van der Waals surface area contributed by atoms with E-state index in [1.165, 1.54) is 0 Å². The van der Waals surface area contributed by atoms with Crippen LogP contribution >= 0.6 is 0 Å². The average molecular weight is 316 g/mol. The first-order valence-corrected chi connectivity index (χ1v) is 8.36. The minimum Gasteiger partial charge on any atom is -0.360 e. The Balaban J connectivity index is 1.84. The van der Waals surface area contributed by atoms with Crippen LogP contribution in [0.3, 0.4) is 0 Å². The summed E-state index contributed by atoms with van der Waals surface area (Å²) in [5, 5.41) is 5.89. The standard InChI is InChI=1S/C16H16N2O3S/c1-11-16(12(2)21-18-11)22(19,20)17-10-13-7-8-14-5-3-4-6-15(14)9-13/h3-9,17H,10H2,1-2H3. The molecule has 0 saturated heterocycles. The van der Waals surface area contributed by atoms with Gasteiger partial charge in [0.2, 0.25) is 10.0 Å². The van der Waals surface area contributed by atoms with Crippen LogP contribution in [0.1, 0.15) is 17.0 Å². The highest BCUT2D eigenvalue weighted by Gasteiger charge is 2.23. The molecule has 114 valence electrons. The van der Waals surface area contributed by atoms with E-state index in [2.05, 4.69) is 9.88 Å². The van der Waals surface area contributed by atoms with E-state index in [1.807, 2.05) is 42.5 Å². The number of hydrogen-bond donors (Lipinski definition) is 1. The van der Waals surface area contributed by atoms with E-state index >= 15 is 0 Å². The Hall–Kier alpha value is -2.18. The molecular formula is C16H16N2O3S. The number of fused-ring (bicyclic) bond motifs is 1. The summed E-state index contributed by atoms with van der Waals surface area (Å²) in [5.74, 6) is 0.295. The van der Waals surface area contributed by atoms with Gasteiger partial charge >= 0.3 is 0 Å². The quantitative estimate of drug-likeness (QED) is 0.803. The highest BCUT2D eigenvalue weighted by molar-refractivity contribution is 7.89. The predicted octanol–water partition coefficient (Wildman–Crippen LogP) is 2.92. The van der Waals surface area contributed by atoms with Gasteiger partial charge in [0.25, 0.3) is 0 Å². The Bertz CT molecular complexity index is 910. The zero-order chi connectivity index (χ0) is 15.7. The van der Waals surface area contributed by atoms with Crippen molar-refractivity contribution in [1.29, 1.82) is 0 Å². The van der Waals surface area contributed by atoms with E-state index in [4.69, 9.17) is 4.52 Å². The number of rotatable bonds is 4. The molecule has 22 heavy (non-hydrogen) atoms. The van der Waals surface area contributed by atoms with Gasteiger partial charge in [0.1, 0.15) is 10.6 Å². The second-order valence-electron chi connectivity index (χ2n) is 5.16. The molecule has 2 aromatic carbocycles. The lowest BCUT2D eigenvalue weighted by atomic mass is 10.1. The molecule has 0 amide bonds. The maximum atomic E-state index is 12.4. The van der Waals surface area contributed by atoms with Gasteiger partial charge in [-0.3, -0.25) is 0 Å². The second-order valence-corrected chi connectivity index (χ2v) is 6.86. The van der Waals surface area contributed by atoms with Crippen molar-refractivity contribution in [2.45, 2.75) is 25.3 Å². The lowest BCUT2D eigenvalue weighted by molar-refractivity contribution is 0.390. The monoisotopic (exact) mass is 316 g/mol. The Morgan fingerprint density at radius 2 is 1.82 bits per heavy atom. The number of aromatic nitrogens is 1. The van der Waals surface area contributed by atoms with Crippen LogP contribution in [0.4, 0.5) is 0 Å². The fraction of sp³-hybridized carbons (Fsp3) is 0.188. The fourth-order valence-corrected chi connectivity index (χ4v) is 3.80. The summed E-state index contributed by atoms with van der Waals surface area (Å²) in [5.41, 5.74) is 1.26. The number of hydrogen-bond acceptors (Lipinski definition) is 4. The summed E-state index contributed by atoms with van der Waals surface area (Å²) < 4.78 is 32.2. The number of nitrogens with zero attached hydrogens (tertiary/aromatic N) is 1. The van der Waals surface area contributed by atoms with Crippen molar-refractivity contribution >= 4 is 20.8 Å². The van der Waals surface area contributed by atoms with Gasteiger partial charge in [-0.15, -0.1) is 0 Å². The van der Waals surface area contributed by atoms with Crippen LogP contribution in [0.5, 0.6) is 0 Å². The van der Waals surface area contributed by atoms with Gasteiger partial charge in [0.05, 0.1) is 0 Å². The van der Waals surface area contributed by atoms with Gasteiger partial charge in [-0.05, 0) is 36.2 Å². The SMILES string of the molecule is Cc1noc(C)c1S(=O)(=O)NCc1ccc2ccccc2c1. The zero-order valence-electron chi connectivity index (χ0n) is 12.3. The smallest absolute Gasteiger partial charge is 0.246 e. The van der Waals surface area contributed by atoms with Crippen molar-refractivity contribution in [2.75, 3.05) is 0 Å². The first kappa shape index (κ1) is 14.7. The van der Waals surface area contributed by atoms with Crippen LogP contribution in [-0.2, 0) is 16.6 Å². The number of benzene rings is 2. The third-order valence-corrected chi connectivity index (χ3v) is 5.16. The largest absolute Gasteiger partial charge is 0.360 e. The topological polar surface area (TPSA) is 72.2 Å². The fourth-order valence-electron chi connectivity index (χ4n) is 2.46. The third kappa shape index (κ3) is 2.75. The van der Waals surface area contributed by atoms with Gasteiger partial charge in [0.15, 0.2) is 5.76 Å². The molecule has 6 heteroatoms. The molecule has 0 aliphatic carbocycles. The molecule has 0 unspecified atom stereocenters. The molecule has 0 spiro atoms. The molecular weight excluding hydrogens is 300 g/mol. The zero-order valence-corrected chi connectivity index (χ0v) is 13.1. The number of sulfonamides is 1. The molecule has 1 aromatic heterocycles. The normalized spacial score (nSPS) is 11.9. The highest BCUT2D eigenvalue weighted by Crippen LogP contribution is 2.20. The lowest BCUT2D eigenvalue weighted by Crippen LogP contribution is -2.24. The van der Waals surface area contributed by atoms with Gasteiger partial charge in [-0.2, -0.15) is 0 Å². The van der Waals surface area contributed by atoms with Crippen LogP contribution in [0.15, 0.2) is 51.9 Å². The Labute approximate surface area is 129 Å². The van der Waals surface area contributed by atoms with Crippen LogP contribution in [0.25, 0.3) is 10.8 Å². The second kappa shape index (κ2) is 5.55. The number of aryl methyl sites for hydroxylation is 2. The average Bonchev–Trinajstić information content (AvgIpc) is 2.85. The van der Waals surface area contributed by atoms with Crippen molar-refractivity contribution in [2.24, 2.45) is 0 Å². The molecule has 3 aromatic rings. The Morgan fingerprint density at radius 3 is 2.50 bits per heavy atom. The summed E-state index contributed by atoms with van der Waals surface area (Å²) in [7, 11) is -3.64. The minimum absolute atomic E-state index is 0.119. The van der Waals surface area contributed by atoms with Crippen LogP contribution in [0, 0.1) is 13.8 Å². The molecule has 0 aliphatic heterocycles. The summed E-state index contributed by atoms with van der Waals surface area (Å²) >= 11 is 0. The van der Waals surface area contributed by atoms with E-state index in [9.17, 15) is 8.42 Å². The Kier molecular flexibility index (Phi) is 3.72. The highest BCUT2D eigenvalue weighted by atomic mass is 32.2. The molecule has 1 N–H and O–H groups in total. The van der Waals surface area contributed by atoms with Gasteiger partial charge in [-0.1, -0.05) is 41.6 Å². The molecule has 0 radical (unpaired) electrons. The molecule has 1 heterocycles. The molecule has 5 nitrogen and oxygen atoms in total. The maximum Gasteiger partial charge on any atom is 0.246 e. The van der Waals surface area contributed by atoms with Crippen molar-refractivity contribution in [1.82, 2.24) is 9.88 Å². The molecule has 0 bridgehead atoms. The predicted molar refractivity (Wildman–Crippen MR) is 84.0 cm³/mol. The van der Waals surface area contributed by atoms with E-state index < -0.39 is 10.0 Å². The van der Waals surface area contributed by atoms with E-state index in [0.717, 1.165) is 16.3 Å². The van der Waals surface area contributed by atoms with Crippen molar-refractivity contribution in [3.63, 3.8) is 0 Å². The van der Waals surface area contributed by atoms with Crippen LogP contribution in [0.2, 0.25) is 0 Å². The van der Waals surface area contributed by atoms with Gasteiger partial charge in [-0.25, -0.2) is 13.1 Å². The molecule has 3 rings (SSSR count). The molecule has 0 atom stereocenters. The summed E-state index contributed by atoms with van der Waals surface area (Å²) in [6.07, 6.45) is 0. The van der Waals surface area contributed by atoms with Crippen LogP contribution < -0.4 is 4.72 Å². The molecule has 0 aliphatic rings. The van der Waals surface area contributed by atoms with Gasteiger partial charge < -0.3 is 4.52 Å². The molecule has 0 fully saturated rings. The maximum absolute atomic E-state index is 12.4. The first-order valence-electron chi connectivity index (χ1n) is 6.87. The summed E-state index contributed by atoms with van der Waals surface area (Å²) in [6, 6.07) is 13.8. The third-order valence-electron chi connectivity index (χ3n) is 3.52. The van der Waals surface area contributed by atoms with Gasteiger partial charge in [0, 0.05) is 6.54 Å². The van der Waals surface area contributed by atoms with E-state index in [-0.39, 0.29) is 11.4 Å². The lowest BCUT2D eigenvalue weighted by Gasteiger charge is -2.07.